The highest BCUT2D eigenvalue weighted by Gasteiger charge is 2.14. The number of aromatic carboxylic acids is 1. The molecule has 1 N–H and O–H groups in total. The molecule has 1 aromatic heterocycles. The second-order valence-electron chi connectivity index (χ2n) is 3.68. The molecule has 0 saturated heterocycles. The van der Waals surface area contributed by atoms with Crippen LogP contribution in [0.4, 0.5) is 5.69 Å². The number of carboxylic acid groups (broad SMARTS) is 1. The number of hydrogen-bond acceptors (Lipinski definition) is 5. The Morgan fingerprint density at radius 2 is 2.15 bits per heavy atom. The zero-order valence-corrected chi connectivity index (χ0v) is 11.4. The van der Waals surface area contributed by atoms with Crippen molar-refractivity contribution < 1.29 is 19.6 Å². The molecule has 0 bridgehead atoms. The first kappa shape index (κ1) is 13.9. The Kier molecular flexibility index (Phi) is 3.94. The zero-order valence-electron chi connectivity index (χ0n) is 9.82. The van der Waals surface area contributed by atoms with Crippen LogP contribution < -0.4 is 4.74 Å². The van der Waals surface area contributed by atoms with Crippen molar-refractivity contribution in [3.05, 3.63) is 56.8 Å². The normalized spacial score (nSPS) is 10.1. The smallest absolute Gasteiger partial charge is 0.341 e. The highest BCUT2D eigenvalue weighted by Crippen LogP contribution is 2.30. The number of carboxylic acids is 1. The molecule has 2 aromatic rings. The van der Waals surface area contributed by atoms with E-state index in [9.17, 15) is 14.9 Å². The second kappa shape index (κ2) is 5.66. The second-order valence-corrected chi connectivity index (χ2v) is 4.60. The molecule has 0 atom stereocenters. The maximum atomic E-state index is 11.0. The molecule has 0 saturated carbocycles. The van der Waals surface area contributed by atoms with E-state index in [-0.39, 0.29) is 22.7 Å². The number of non-ortho nitro benzene ring substituents is 1. The van der Waals surface area contributed by atoms with E-state index in [2.05, 4.69) is 20.9 Å². The number of carbonyl (C=O) groups is 1. The van der Waals surface area contributed by atoms with Crippen molar-refractivity contribution in [3.63, 3.8) is 0 Å². The fraction of sp³-hybridized carbons (Fsp3) is 0. The van der Waals surface area contributed by atoms with Gasteiger partial charge in [-0.05, 0) is 6.07 Å². The Morgan fingerprint density at radius 3 is 2.80 bits per heavy atom. The van der Waals surface area contributed by atoms with Crippen molar-refractivity contribution >= 4 is 27.6 Å². The monoisotopic (exact) mass is 338 g/mol. The van der Waals surface area contributed by atoms with Crippen LogP contribution in [0.1, 0.15) is 10.4 Å². The summed E-state index contributed by atoms with van der Waals surface area (Å²) in [7, 11) is 0. The van der Waals surface area contributed by atoms with Crippen molar-refractivity contribution in [2.24, 2.45) is 0 Å². The molecule has 0 unspecified atom stereocenters. The van der Waals surface area contributed by atoms with E-state index in [1.807, 2.05) is 0 Å². The summed E-state index contributed by atoms with van der Waals surface area (Å²) in [6, 6.07) is 5.39. The van der Waals surface area contributed by atoms with Crippen LogP contribution in [0.15, 0.2) is 41.1 Å². The van der Waals surface area contributed by atoms with Crippen molar-refractivity contribution in [2.75, 3.05) is 0 Å². The summed E-state index contributed by atoms with van der Waals surface area (Å²) in [6.07, 6.45) is 2.51. The van der Waals surface area contributed by atoms with Crippen LogP contribution in [0.3, 0.4) is 0 Å². The molecule has 0 aliphatic heterocycles. The molecular weight excluding hydrogens is 332 g/mol. The largest absolute Gasteiger partial charge is 0.477 e. The van der Waals surface area contributed by atoms with Crippen LogP contribution in [0.2, 0.25) is 0 Å². The first-order valence-electron chi connectivity index (χ1n) is 5.27. The van der Waals surface area contributed by atoms with Crippen LogP contribution in [-0.4, -0.2) is 21.0 Å². The Hall–Kier alpha value is -2.48. The van der Waals surface area contributed by atoms with Gasteiger partial charge in [-0.1, -0.05) is 15.9 Å². The molecule has 2 rings (SSSR count). The van der Waals surface area contributed by atoms with Gasteiger partial charge in [0.1, 0.15) is 17.1 Å². The molecule has 0 spiro atoms. The molecule has 0 aliphatic carbocycles. The molecule has 7 nitrogen and oxygen atoms in total. The molecular formula is C12H7BrN2O5. The molecule has 1 aromatic carbocycles. The Morgan fingerprint density at radius 1 is 1.40 bits per heavy atom. The van der Waals surface area contributed by atoms with Crippen LogP contribution >= 0.6 is 15.9 Å². The lowest BCUT2D eigenvalue weighted by molar-refractivity contribution is -0.385. The third-order valence-corrected chi connectivity index (χ3v) is 2.76. The average Bonchev–Trinajstić information content (AvgIpc) is 2.38. The van der Waals surface area contributed by atoms with Crippen LogP contribution in [0, 0.1) is 10.1 Å². The summed E-state index contributed by atoms with van der Waals surface area (Å²) in [5.41, 5.74) is -0.296. The predicted molar refractivity (Wildman–Crippen MR) is 72.1 cm³/mol. The van der Waals surface area contributed by atoms with Crippen molar-refractivity contribution in [1.29, 1.82) is 0 Å². The van der Waals surface area contributed by atoms with Gasteiger partial charge in [0.25, 0.3) is 5.69 Å². The number of halogens is 1. The van der Waals surface area contributed by atoms with E-state index in [0.29, 0.717) is 4.47 Å². The summed E-state index contributed by atoms with van der Waals surface area (Å²) in [6.45, 7) is 0. The predicted octanol–water partition coefficient (Wildman–Crippen LogP) is 3.24. The summed E-state index contributed by atoms with van der Waals surface area (Å²) in [5.74, 6) is -0.989. The topological polar surface area (TPSA) is 103 Å². The molecule has 8 heteroatoms. The standard InChI is InChI=1S/C12H7BrN2O5/c13-7-3-8(15(18)19)5-9(4-7)20-11-1-2-14-6-10(11)12(16)17/h1-6H,(H,16,17). The third-order valence-electron chi connectivity index (χ3n) is 2.31. The van der Waals surface area contributed by atoms with E-state index in [1.54, 1.807) is 0 Å². The van der Waals surface area contributed by atoms with Gasteiger partial charge < -0.3 is 9.84 Å². The van der Waals surface area contributed by atoms with E-state index in [1.165, 1.54) is 30.5 Å². The van der Waals surface area contributed by atoms with Crippen molar-refractivity contribution in [1.82, 2.24) is 4.98 Å². The highest BCUT2D eigenvalue weighted by atomic mass is 79.9. The van der Waals surface area contributed by atoms with E-state index in [4.69, 9.17) is 9.84 Å². The van der Waals surface area contributed by atoms with Crippen molar-refractivity contribution in [2.45, 2.75) is 0 Å². The Labute approximate surface area is 121 Å². The van der Waals surface area contributed by atoms with Gasteiger partial charge in [0.05, 0.1) is 11.0 Å². The number of benzene rings is 1. The molecule has 0 aliphatic rings. The molecule has 0 radical (unpaired) electrons. The van der Waals surface area contributed by atoms with Crippen LogP contribution in [0.5, 0.6) is 11.5 Å². The number of nitro benzene ring substituents is 1. The first-order valence-corrected chi connectivity index (χ1v) is 6.07. The van der Waals surface area contributed by atoms with Gasteiger partial charge in [0.2, 0.25) is 0 Å². The number of pyridine rings is 1. The lowest BCUT2D eigenvalue weighted by Crippen LogP contribution is -2.00. The van der Waals surface area contributed by atoms with E-state index in [0.717, 1.165) is 6.20 Å². The Bertz CT molecular complexity index is 689. The maximum absolute atomic E-state index is 11.0. The number of aromatic nitrogens is 1. The van der Waals surface area contributed by atoms with Crippen LogP contribution in [-0.2, 0) is 0 Å². The lowest BCUT2D eigenvalue weighted by atomic mass is 10.2. The summed E-state index contributed by atoms with van der Waals surface area (Å²) >= 11 is 3.13. The number of ether oxygens (including phenoxy) is 1. The zero-order chi connectivity index (χ0) is 14.7. The molecule has 0 fully saturated rings. The molecule has 1 heterocycles. The fourth-order valence-electron chi connectivity index (χ4n) is 1.47. The van der Waals surface area contributed by atoms with Gasteiger partial charge in [-0.25, -0.2) is 4.79 Å². The third kappa shape index (κ3) is 3.09. The summed E-state index contributed by atoms with van der Waals surface area (Å²) in [5, 5.41) is 19.8. The number of nitrogens with zero attached hydrogens (tertiary/aromatic N) is 2. The quantitative estimate of drug-likeness (QED) is 0.678. The number of hydrogen-bond donors (Lipinski definition) is 1. The number of rotatable bonds is 4. The molecule has 0 amide bonds. The van der Waals surface area contributed by atoms with Gasteiger partial charge in [-0.15, -0.1) is 0 Å². The summed E-state index contributed by atoms with van der Waals surface area (Å²) < 4.78 is 5.84. The van der Waals surface area contributed by atoms with Gasteiger partial charge in [-0.2, -0.15) is 0 Å². The molecule has 20 heavy (non-hydrogen) atoms. The van der Waals surface area contributed by atoms with Crippen LogP contribution in [0.25, 0.3) is 0 Å². The van der Waals surface area contributed by atoms with E-state index < -0.39 is 10.9 Å². The SMILES string of the molecule is O=C(O)c1cnccc1Oc1cc(Br)cc([N+](=O)[O-])c1. The first-order chi connectivity index (χ1) is 9.47. The average molecular weight is 339 g/mol. The van der Waals surface area contributed by atoms with E-state index >= 15 is 0 Å². The van der Waals surface area contributed by atoms with Gasteiger partial charge in [0.15, 0.2) is 0 Å². The Balaban J connectivity index is 2.40. The number of nitro groups is 1. The summed E-state index contributed by atoms with van der Waals surface area (Å²) in [4.78, 5) is 24.9. The fourth-order valence-corrected chi connectivity index (χ4v) is 1.93. The van der Waals surface area contributed by atoms with Gasteiger partial charge in [0, 0.05) is 29.0 Å². The minimum atomic E-state index is -1.20. The minimum absolute atomic E-state index is 0.0555. The van der Waals surface area contributed by atoms with Crippen molar-refractivity contribution in [3.8, 4) is 11.5 Å². The van der Waals surface area contributed by atoms with Gasteiger partial charge in [-0.3, -0.25) is 15.1 Å². The lowest BCUT2D eigenvalue weighted by Gasteiger charge is -2.08. The maximum Gasteiger partial charge on any atom is 0.341 e. The molecule has 102 valence electrons. The highest BCUT2D eigenvalue weighted by molar-refractivity contribution is 9.10. The minimum Gasteiger partial charge on any atom is -0.477 e. The van der Waals surface area contributed by atoms with Gasteiger partial charge >= 0.3 is 5.97 Å².